The minimum atomic E-state index is 0.276. The molecule has 2 aromatic rings. The summed E-state index contributed by atoms with van der Waals surface area (Å²) in [4.78, 5) is 2.47. The van der Waals surface area contributed by atoms with Crippen molar-refractivity contribution < 1.29 is 0 Å². The first-order chi connectivity index (χ1) is 9.72. The smallest absolute Gasteiger partial charge is 0.0667 e. The Morgan fingerprint density at radius 1 is 1.10 bits per heavy atom. The molecular formula is C18H22N2. The minimum absolute atomic E-state index is 0.276. The summed E-state index contributed by atoms with van der Waals surface area (Å²) in [5, 5.41) is 0. The number of fused-ring (bicyclic) bond motifs is 1. The quantitative estimate of drug-likeness (QED) is 0.923. The van der Waals surface area contributed by atoms with Crippen LogP contribution in [-0.4, -0.2) is 13.1 Å². The lowest BCUT2D eigenvalue weighted by Crippen LogP contribution is -2.33. The normalized spacial score (nSPS) is 15.2. The second-order valence-corrected chi connectivity index (χ2v) is 5.61. The van der Waals surface area contributed by atoms with E-state index in [1.807, 2.05) is 0 Å². The summed E-state index contributed by atoms with van der Waals surface area (Å²) in [5.74, 6) is 0. The molecule has 0 radical (unpaired) electrons. The number of para-hydroxylation sites is 1. The van der Waals surface area contributed by atoms with Crippen molar-refractivity contribution in [1.29, 1.82) is 0 Å². The summed E-state index contributed by atoms with van der Waals surface area (Å²) < 4.78 is 0. The van der Waals surface area contributed by atoms with Crippen LogP contribution in [0, 0.1) is 13.8 Å². The molecular weight excluding hydrogens is 244 g/mol. The Morgan fingerprint density at radius 3 is 2.70 bits per heavy atom. The van der Waals surface area contributed by atoms with Gasteiger partial charge in [-0.1, -0.05) is 36.4 Å². The van der Waals surface area contributed by atoms with Gasteiger partial charge >= 0.3 is 0 Å². The van der Waals surface area contributed by atoms with Crippen molar-refractivity contribution in [1.82, 2.24) is 0 Å². The first-order valence-electron chi connectivity index (χ1n) is 7.33. The largest absolute Gasteiger partial charge is 0.363 e. The van der Waals surface area contributed by atoms with Crippen LogP contribution in [0.5, 0.6) is 0 Å². The van der Waals surface area contributed by atoms with Crippen molar-refractivity contribution in [3.63, 3.8) is 0 Å². The number of hydrogen-bond acceptors (Lipinski definition) is 2. The monoisotopic (exact) mass is 266 g/mol. The first kappa shape index (κ1) is 13.2. The van der Waals surface area contributed by atoms with E-state index in [1.165, 1.54) is 27.9 Å². The highest BCUT2D eigenvalue weighted by molar-refractivity contribution is 5.60. The maximum absolute atomic E-state index is 6.12. The Hall–Kier alpha value is -1.80. The van der Waals surface area contributed by atoms with Crippen molar-refractivity contribution in [2.45, 2.75) is 26.3 Å². The van der Waals surface area contributed by atoms with Crippen LogP contribution in [0.4, 0.5) is 5.69 Å². The number of benzene rings is 2. The second-order valence-electron chi connectivity index (χ2n) is 5.61. The number of rotatable bonds is 3. The Kier molecular flexibility index (Phi) is 3.49. The van der Waals surface area contributed by atoms with E-state index >= 15 is 0 Å². The summed E-state index contributed by atoms with van der Waals surface area (Å²) >= 11 is 0. The molecule has 1 aliphatic rings. The van der Waals surface area contributed by atoms with Crippen LogP contribution in [0.1, 0.15) is 28.3 Å². The highest BCUT2D eigenvalue weighted by Crippen LogP contribution is 2.35. The van der Waals surface area contributed by atoms with Crippen LogP contribution in [-0.2, 0) is 6.42 Å². The molecule has 104 valence electrons. The summed E-state index contributed by atoms with van der Waals surface area (Å²) in [6, 6.07) is 15.5. The molecule has 0 saturated carbocycles. The number of hydrogen-bond donors (Lipinski definition) is 1. The highest BCUT2D eigenvalue weighted by atomic mass is 15.2. The zero-order valence-electron chi connectivity index (χ0n) is 12.3. The fourth-order valence-corrected chi connectivity index (χ4v) is 3.24. The molecule has 1 unspecified atom stereocenters. The maximum atomic E-state index is 6.12. The van der Waals surface area contributed by atoms with Gasteiger partial charge in [-0.05, 0) is 48.6 Å². The van der Waals surface area contributed by atoms with E-state index in [0.29, 0.717) is 6.54 Å². The maximum Gasteiger partial charge on any atom is 0.0667 e. The van der Waals surface area contributed by atoms with Gasteiger partial charge in [-0.25, -0.2) is 0 Å². The molecule has 1 heterocycles. The topological polar surface area (TPSA) is 29.3 Å². The molecule has 1 atom stereocenters. The van der Waals surface area contributed by atoms with E-state index in [0.717, 1.165) is 13.0 Å². The second kappa shape index (κ2) is 5.29. The van der Waals surface area contributed by atoms with Crippen LogP contribution >= 0.6 is 0 Å². The number of nitrogens with two attached hydrogens (primary N) is 1. The number of aryl methyl sites for hydroxylation is 1. The lowest BCUT2D eigenvalue weighted by molar-refractivity contribution is 0.645. The lowest BCUT2D eigenvalue weighted by Gasteiger charge is -2.31. The molecule has 0 aromatic heterocycles. The Balaban J connectivity index is 2.02. The molecule has 0 fully saturated rings. The fourth-order valence-electron chi connectivity index (χ4n) is 3.24. The van der Waals surface area contributed by atoms with Gasteiger partial charge in [0.2, 0.25) is 0 Å². The summed E-state index contributed by atoms with van der Waals surface area (Å²) in [7, 11) is 0. The molecule has 2 heteroatoms. The average Bonchev–Trinajstić information content (AvgIpc) is 2.88. The van der Waals surface area contributed by atoms with E-state index in [4.69, 9.17) is 5.73 Å². The van der Waals surface area contributed by atoms with Crippen LogP contribution in [0.2, 0.25) is 0 Å². The van der Waals surface area contributed by atoms with Gasteiger partial charge in [0, 0.05) is 18.8 Å². The lowest BCUT2D eigenvalue weighted by atomic mass is 9.96. The van der Waals surface area contributed by atoms with Gasteiger partial charge in [0.15, 0.2) is 0 Å². The van der Waals surface area contributed by atoms with Crippen molar-refractivity contribution in [2.75, 3.05) is 18.0 Å². The molecule has 2 nitrogen and oxygen atoms in total. The minimum Gasteiger partial charge on any atom is -0.363 e. The Labute approximate surface area is 121 Å². The van der Waals surface area contributed by atoms with E-state index in [9.17, 15) is 0 Å². The molecule has 2 N–H and O–H groups in total. The molecule has 0 bridgehead atoms. The van der Waals surface area contributed by atoms with E-state index < -0.39 is 0 Å². The van der Waals surface area contributed by atoms with E-state index in [2.05, 4.69) is 61.2 Å². The van der Waals surface area contributed by atoms with Gasteiger partial charge in [-0.15, -0.1) is 0 Å². The van der Waals surface area contributed by atoms with Gasteiger partial charge in [-0.3, -0.25) is 0 Å². The van der Waals surface area contributed by atoms with Crippen molar-refractivity contribution >= 4 is 5.69 Å². The third-order valence-electron chi connectivity index (χ3n) is 4.53. The standard InChI is InChI=1S/C18H22N2/c1-13-6-5-8-16(14(13)2)18(12-19)20-11-10-15-7-3-4-9-17(15)20/h3-9,18H,10-12,19H2,1-2H3. The molecule has 0 amide bonds. The Bertz CT molecular complexity index is 619. The van der Waals surface area contributed by atoms with E-state index in [1.54, 1.807) is 0 Å². The zero-order chi connectivity index (χ0) is 14.1. The van der Waals surface area contributed by atoms with Gasteiger partial charge in [0.05, 0.1) is 6.04 Å². The van der Waals surface area contributed by atoms with Gasteiger partial charge in [0.1, 0.15) is 0 Å². The Morgan fingerprint density at radius 2 is 1.90 bits per heavy atom. The van der Waals surface area contributed by atoms with Gasteiger partial charge < -0.3 is 10.6 Å². The summed E-state index contributed by atoms with van der Waals surface area (Å²) in [6.07, 6.45) is 1.12. The SMILES string of the molecule is Cc1cccc(C(CN)N2CCc3ccccc32)c1C. The molecule has 3 rings (SSSR count). The van der Waals surface area contributed by atoms with Crippen LogP contribution in [0.3, 0.4) is 0 Å². The predicted molar refractivity (Wildman–Crippen MR) is 85.2 cm³/mol. The first-order valence-corrected chi connectivity index (χ1v) is 7.33. The van der Waals surface area contributed by atoms with Crippen LogP contribution in [0.15, 0.2) is 42.5 Å². The van der Waals surface area contributed by atoms with Crippen molar-refractivity contribution in [3.8, 4) is 0 Å². The number of nitrogens with zero attached hydrogens (tertiary/aromatic N) is 1. The van der Waals surface area contributed by atoms with Gasteiger partial charge in [-0.2, -0.15) is 0 Å². The number of anilines is 1. The highest BCUT2D eigenvalue weighted by Gasteiger charge is 2.26. The molecule has 0 spiro atoms. The molecule has 1 aliphatic heterocycles. The fraction of sp³-hybridized carbons (Fsp3) is 0.333. The third kappa shape index (κ3) is 2.10. The van der Waals surface area contributed by atoms with Crippen molar-refractivity contribution in [2.24, 2.45) is 5.73 Å². The zero-order valence-corrected chi connectivity index (χ0v) is 12.3. The molecule has 0 saturated heterocycles. The molecule has 0 aliphatic carbocycles. The molecule has 20 heavy (non-hydrogen) atoms. The predicted octanol–water partition coefficient (Wildman–Crippen LogP) is 3.37. The van der Waals surface area contributed by atoms with Crippen molar-refractivity contribution in [3.05, 3.63) is 64.7 Å². The third-order valence-corrected chi connectivity index (χ3v) is 4.53. The van der Waals surface area contributed by atoms with Crippen LogP contribution < -0.4 is 10.6 Å². The summed E-state index contributed by atoms with van der Waals surface area (Å²) in [6.45, 7) is 6.09. The summed E-state index contributed by atoms with van der Waals surface area (Å²) in [5.41, 5.74) is 13.0. The van der Waals surface area contributed by atoms with Gasteiger partial charge in [0.25, 0.3) is 0 Å². The van der Waals surface area contributed by atoms with E-state index in [-0.39, 0.29) is 6.04 Å². The average molecular weight is 266 g/mol. The molecule has 2 aromatic carbocycles. The van der Waals surface area contributed by atoms with Crippen LogP contribution in [0.25, 0.3) is 0 Å².